The van der Waals surface area contributed by atoms with Crippen LogP contribution in [0.4, 0.5) is 0 Å². The van der Waals surface area contributed by atoms with Crippen LogP contribution in [0.25, 0.3) is 0 Å². The molecule has 1 radical (unpaired) electrons. The Morgan fingerprint density at radius 3 is 2.50 bits per heavy atom. The van der Waals surface area contributed by atoms with Crippen molar-refractivity contribution in [2.75, 3.05) is 0 Å². The lowest BCUT2D eigenvalue weighted by molar-refractivity contribution is 0.527. The highest BCUT2D eigenvalue weighted by molar-refractivity contribution is 5.15. The van der Waals surface area contributed by atoms with Crippen LogP contribution in [0.3, 0.4) is 0 Å². The summed E-state index contributed by atoms with van der Waals surface area (Å²) in [5, 5.41) is 0. The van der Waals surface area contributed by atoms with Gasteiger partial charge in [0.25, 0.3) is 0 Å². The molecule has 0 atom stereocenters. The first kappa shape index (κ1) is 5.42. The van der Waals surface area contributed by atoms with Crippen molar-refractivity contribution in [3.05, 3.63) is 30.1 Å². The van der Waals surface area contributed by atoms with Crippen molar-refractivity contribution < 1.29 is 4.42 Å². The highest BCUT2D eigenvalue weighted by Gasteiger charge is 1.98. The molecule has 43 valence electrons. The maximum atomic E-state index is 5.06. The lowest BCUT2D eigenvalue weighted by Crippen LogP contribution is -1.80. The molecule has 1 aromatic rings. The molecule has 1 rings (SSSR count). The molecule has 0 aliphatic rings. The van der Waals surface area contributed by atoms with Gasteiger partial charge in [0, 0.05) is 5.92 Å². The largest absolute Gasteiger partial charge is 0.469 e. The van der Waals surface area contributed by atoms with E-state index in [0.717, 1.165) is 5.76 Å². The van der Waals surface area contributed by atoms with E-state index in [-0.39, 0.29) is 0 Å². The standard InChI is InChI=1S/C7H9O/c1-6(2)7-4-3-5-8-7/h3-5H,1-2H3. The molecular formula is C7H9O. The predicted molar refractivity (Wildman–Crippen MR) is 32.4 cm³/mol. The van der Waals surface area contributed by atoms with E-state index in [1.165, 1.54) is 5.92 Å². The third kappa shape index (κ3) is 0.915. The molecule has 8 heavy (non-hydrogen) atoms. The second kappa shape index (κ2) is 2.03. The Labute approximate surface area is 49.3 Å². The zero-order valence-corrected chi connectivity index (χ0v) is 5.14. The van der Waals surface area contributed by atoms with Crippen LogP contribution in [-0.4, -0.2) is 0 Å². The molecule has 0 N–H and O–H groups in total. The van der Waals surface area contributed by atoms with Gasteiger partial charge in [-0.05, 0) is 12.1 Å². The molecule has 0 bridgehead atoms. The van der Waals surface area contributed by atoms with E-state index in [1.807, 2.05) is 26.0 Å². The zero-order chi connectivity index (χ0) is 5.98. The normalized spacial score (nSPS) is 10.4. The second-order valence-corrected chi connectivity index (χ2v) is 1.98. The summed E-state index contributed by atoms with van der Waals surface area (Å²) in [5.41, 5.74) is 0. The van der Waals surface area contributed by atoms with Gasteiger partial charge in [-0.1, -0.05) is 13.8 Å². The van der Waals surface area contributed by atoms with Crippen molar-refractivity contribution in [3.8, 4) is 0 Å². The first-order chi connectivity index (χ1) is 3.80. The smallest absolute Gasteiger partial charge is 0.110 e. The Kier molecular flexibility index (Phi) is 1.38. The average Bonchev–Trinajstić information content (AvgIpc) is 2.12. The molecule has 0 unspecified atom stereocenters. The van der Waals surface area contributed by atoms with Crippen LogP contribution in [0.2, 0.25) is 0 Å². The Morgan fingerprint density at radius 2 is 2.25 bits per heavy atom. The SMILES string of the molecule is C[C](C)c1ccco1. The van der Waals surface area contributed by atoms with Gasteiger partial charge in [0.1, 0.15) is 5.76 Å². The summed E-state index contributed by atoms with van der Waals surface area (Å²) in [4.78, 5) is 0. The molecule has 1 aromatic heterocycles. The Hall–Kier alpha value is -0.720. The van der Waals surface area contributed by atoms with Crippen molar-refractivity contribution >= 4 is 0 Å². The summed E-state index contributed by atoms with van der Waals surface area (Å²) in [7, 11) is 0. The highest BCUT2D eigenvalue weighted by Crippen LogP contribution is 2.11. The minimum atomic E-state index is 0.977. The number of rotatable bonds is 1. The van der Waals surface area contributed by atoms with E-state index in [9.17, 15) is 0 Å². The molecule has 1 heteroatoms. The zero-order valence-electron chi connectivity index (χ0n) is 5.14. The van der Waals surface area contributed by atoms with Gasteiger partial charge in [0.15, 0.2) is 0 Å². The van der Waals surface area contributed by atoms with E-state index < -0.39 is 0 Å². The fraction of sp³-hybridized carbons (Fsp3) is 0.286. The average molecular weight is 109 g/mol. The monoisotopic (exact) mass is 109 g/mol. The Morgan fingerprint density at radius 1 is 1.50 bits per heavy atom. The van der Waals surface area contributed by atoms with Gasteiger partial charge in [0.05, 0.1) is 6.26 Å². The van der Waals surface area contributed by atoms with Crippen LogP contribution < -0.4 is 0 Å². The second-order valence-electron chi connectivity index (χ2n) is 1.98. The first-order valence-electron chi connectivity index (χ1n) is 2.65. The topological polar surface area (TPSA) is 13.1 Å². The molecule has 0 saturated carbocycles. The lowest BCUT2D eigenvalue weighted by atomic mass is 10.2. The molecule has 0 amide bonds. The van der Waals surface area contributed by atoms with Crippen molar-refractivity contribution in [1.29, 1.82) is 0 Å². The van der Waals surface area contributed by atoms with E-state index in [1.54, 1.807) is 6.26 Å². The summed E-state index contributed by atoms with van der Waals surface area (Å²) in [5.74, 6) is 2.19. The molecule has 0 saturated heterocycles. The van der Waals surface area contributed by atoms with Gasteiger partial charge < -0.3 is 4.42 Å². The van der Waals surface area contributed by atoms with E-state index in [2.05, 4.69) is 0 Å². The van der Waals surface area contributed by atoms with Crippen molar-refractivity contribution in [1.82, 2.24) is 0 Å². The van der Waals surface area contributed by atoms with E-state index in [4.69, 9.17) is 4.42 Å². The highest BCUT2D eigenvalue weighted by atomic mass is 16.3. The van der Waals surface area contributed by atoms with Crippen molar-refractivity contribution in [2.24, 2.45) is 0 Å². The molecule has 0 aliphatic carbocycles. The van der Waals surface area contributed by atoms with Crippen LogP contribution in [0.1, 0.15) is 19.6 Å². The molecular weight excluding hydrogens is 100 g/mol. The van der Waals surface area contributed by atoms with Crippen LogP contribution in [-0.2, 0) is 0 Å². The van der Waals surface area contributed by atoms with Gasteiger partial charge in [-0.15, -0.1) is 0 Å². The van der Waals surface area contributed by atoms with E-state index >= 15 is 0 Å². The van der Waals surface area contributed by atoms with Crippen LogP contribution in [0.5, 0.6) is 0 Å². The third-order valence-corrected chi connectivity index (χ3v) is 1.01. The molecule has 0 aliphatic heterocycles. The van der Waals surface area contributed by atoms with Gasteiger partial charge >= 0.3 is 0 Å². The molecule has 0 aromatic carbocycles. The van der Waals surface area contributed by atoms with E-state index in [0.29, 0.717) is 0 Å². The van der Waals surface area contributed by atoms with Crippen LogP contribution in [0, 0.1) is 5.92 Å². The molecule has 0 fully saturated rings. The maximum Gasteiger partial charge on any atom is 0.110 e. The number of hydrogen-bond donors (Lipinski definition) is 0. The molecule has 1 heterocycles. The molecule has 1 nitrogen and oxygen atoms in total. The van der Waals surface area contributed by atoms with Gasteiger partial charge in [0.2, 0.25) is 0 Å². The minimum absolute atomic E-state index is 0.977. The van der Waals surface area contributed by atoms with Crippen molar-refractivity contribution in [2.45, 2.75) is 13.8 Å². The summed E-state index contributed by atoms with van der Waals surface area (Å²) >= 11 is 0. The van der Waals surface area contributed by atoms with Crippen LogP contribution >= 0.6 is 0 Å². The van der Waals surface area contributed by atoms with Crippen molar-refractivity contribution in [3.63, 3.8) is 0 Å². The fourth-order valence-corrected chi connectivity index (χ4v) is 0.563. The summed E-state index contributed by atoms with van der Waals surface area (Å²) in [6.07, 6.45) is 1.68. The first-order valence-corrected chi connectivity index (χ1v) is 2.65. The Balaban J connectivity index is 2.77. The fourth-order valence-electron chi connectivity index (χ4n) is 0.563. The predicted octanol–water partition coefficient (Wildman–Crippen LogP) is 2.24. The van der Waals surface area contributed by atoms with Gasteiger partial charge in [-0.25, -0.2) is 0 Å². The number of hydrogen-bond acceptors (Lipinski definition) is 1. The molecule has 0 spiro atoms. The minimum Gasteiger partial charge on any atom is -0.469 e. The van der Waals surface area contributed by atoms with Gasteiger partial charge in [-0.3, -0.25) is 0 Å². The third-order valence-electron chi connectivity index (χ3n) is 1.01. The Bertz CT molecular complexity index is 139. The summed E-state index contributed by atoms with van der Waals surface area (Å²) in [6, 6.07) is 3.84. The maximum absolute atomic E-state index is 5.06. The summed E-state index contributed by atoms with van der Waals surface area (Å²) < 4.78 is 5.06. The number of furan rings is 1. The quantitative estimate of drug-likeness (QED) is 0.539. The lowest BCUT2D eigenvalue weighted by Gasteiger charge is -1.93. The van der Waals surface area contributed by atoms with Gasteiger partial charge in [-0.2, -0.15) is 0 Å². The summed E-state index contributed by atoms with van der Waals surface area (Å²) in [6.45, 7) is 4.05. The van der Waals surface area contributed by atoms with Crippen LogP contribution in [0.15, 0.2) is 22.8 Å².